The average molecular weight is 410 g/mol. The van der Waals surface area contributed by atoms with Crippen LogP contribution in [-0.4, -0.2) is 26.0 Å². The summed E-state index contributed by atoms with van der Waals surface area (Å²) < 4.78 is 27.8. The fourth-order valence-corrected chi connectivity index (χ4v) is 5.60. The second-order valence-corrected chi connectivity index (χ2v) is 9.83. The molecule has 0 aliphatic rings. The summed E-state index contributed by atoms with van der Waals surface area (Å²) in [5.41, 5.74) is 0.454. The zero-order valence-electron chi connectivity index (χ0n) is 10.9. The third-order valence-electron chi connectivity index (χ3n) is 2.65. The van der Waals surface area contributed by atoms with Crippen molar-refractivity contribution in [2.75, 3.05) is 6.54 Å². The van der Waals surface area contributed by atoms with Crippen LogP contribution in [0.5, 0.6) is 0 Å². The van der Waals surface area contributed by atoms with Crippen LogP contribution in [0.25, 0.3) is 0 Å². The lowest BCUT2D eigenvalue weighted by Gasteiger charge is -2.03. The van der Waals surface area contributed by atoms with E-state index in [1.54, 1.807) is 18.3 Å². The number of thiophene rings is 2. The summed E-state index contributed by atoms with van der Waals surface area (Å²) in [6, 6.07) is 5.23. The van der Waals surface area contributed by atoms with Gasteiger partial charge in [-0.2, -0.15) is 0 Å². The van der Waals surface area contributed by atoms with Gasteiger partial charge in [0.25, 0.3) is 0 Å². The van der Waals surface area contributed by atoms with Gasteiger partial charge in [0.2, 0.25) is 10.0 Å². The largest absolute Gasteiger partial charge is 0.477 e. The number of rotatable bonds is 6. The molecule has 5 nitrogen and oxygen atoms in total. The molecule has 0 atom stereocenters. The Bertz CT molecular complexity index is 763. The summed E-state index contributed by atoms with van der Waals surface area (Å²) in [6.45, 7) is 1.86. The smallest absolute Gasteiger partial charge is 0.346 e. The second kappa shape index (κ2) is 6.57. The van der Waals surface area contributed by atoms with Crippen molar-refractivity contribution in [3.63, 3.8) is 0 Å². The number of hydrogen-bond acceptors (Lipinski definition) is 5. The normalized spacial score (nSPS) is 11.7. The molecule has 2 aromatic rings. The summed E-state index contributed by atoms with van der Waals surface area (Å²) in [7, 11) is -3.66. The lowest BCUT2D eigenvalue weighted by molar-refractivity contribution is 0.0701. The lowest BCUT2D eigenvalue weighted by Crippen LogP contribution is -2.25. The molecule has 0 aliphatic heterocycles. The van der Waals surface area contributed by atoms with E-state index in [1.807, 2.05) is 12.1 Å². The van der Waals surface area contributed by atoms with E-state index in [0.29, 0.717) is 12.0 Å². The Kier molecular flexibility index (Phi) is 5.20. The van der Waals surface area contributed by atoms with Gasteiger partial charge in [0, 0.05) is 11.4 Å². The van der Waals surface area contributed by atoms with Gasteiger partial charge >= 0.3 is 5.97 Å². The van der Waals surface area contributed by atoms with Crippen molar-refractivity contribution in [3.05, 3.63) is 37.3 Å². The fraction of sp³-hybridized carbons (Fsp3) is 0.250. The van der Waals surface area contributed by atoms with E-state index < -0.39 is 16.0 Å². The number of sulfonamides is 1. The van der Waals surface area contributed by atoms with Gasteiger partial charge in [-0.05, 0) is 53.0 Å². The molecular weight excluding hydrogens is 398 g/mol. The van der Waals surface area contributed by atoms with Crippen LogP contribution in [-0.2, 0) is 16.4 Å². The van der Waals surface area contributed by atoms with Gasteiger partial charge in [-0.3, -0.25) is 0 Å². The molecule has 0 aliphatic carbocycles. The number of halogens is 1. The molecule has 2 rings (SSSR count). The highest BCUT2D eigenvalue weighted by molar-refractivity contribution is 9.11. The Hall–Kier alpha value is -0.740. The van der Waals surface area contributed by atoms with Crippen molar-refractivity contribution in [2.24, 2.45) is 0 Å². The molecule has 2 heterocycles. The van der Waals surface area contributed by atoms with Crippen molar-refractivity contribution >= 4 is 54.6 Å². The molecule has 0 bridgehead atoms. The predicted octanol–water partition coefficient (Wildman–Crippen LogP) is 3.10. The number of aromatic carboxylic acids is 1. The molecule has 0 unspecified atom stereocenters. The Morgan fingerprint density at radius 2 is 2.10 bits per heavy atom. The van der Waals surface area contributed by atoms with E-state index in [1.165, 1.54) is 6.07 Å². The highest BCUT2D eigenvalue weighted by Crippen LogP contribution is 2.26. The van der Waals surface area contributed by atoms with Crippen molar-refractivity contribution < 1.29 is 18.3 Å². The van der Waals surface area contributed by atoms with Crippen LogP contribution < -0.4 is 4.72 Å². The van der Waals surface area contributed by atoms with E-state index in [2.05, 4.69) is 20.7 Å². The summed E-state index contributed by atoms with van der Waals surface area (Å²) in [6.07, 6.45) is 0.589. The van der Waals surface area contributed by atoms with Crippen LogP contribution in [0.15, 0.2) is 26.2 Å². The van der Waals surface area contributed by atoms with Gasteiger partial charge in [0.15, 0.2) is 0 Å². The molecule has 0 aromatic carbocycles. The molecule has 0 radical (unpaired) electrons. The molecule has 0 saturated heterocycles. The van der Waals surface area contributed by atoms with Crippen LogP contribution >= 0.6 is 38.6 Å². The lowest BCUT2D eigenvalue weighted by atomic mass is 10.3. The maximum Gasteiger partial charge on any atom is 0.346 e. The van der Waals surface area contributed by atoms with Crippen molar-refractivity contribution in [1.29, 1.82) is 0 Å². The molecule has 0 saturated carbocycles. The minimum Gasteiger partial charge on any atom is -0.477 e. The number of hydrogen-bond donors (Lipinski definition) is 2. The summed E-state index contributed by atoms with van der Waals surface area (Å²) in [5, 5.41) is 8.96. The molecular formula is C12H12BrNO4S3. The first kappa shape index (κ1) is 16.6. The third kappa shape index (κ3) is 4.13. The third-order valence-corrected chi connectivity index (χ3v) is 7.49. The average Bonchev–Trinajstić information content (AvgIpc) is 2.96. The minimum absolute atomic E-state index is 0.0322. The quantitative estimate of drug-likeness (QED) is 0.767. The van der Waals surface area contributed by atoms with Crippen molar-refractivity contribution in [2.45, 2.75) is 17.6 Å². The maximum atomic E-state index is 12.1. The van der Waals surface area contributed by atoms with E-state index in [0.717, 1.165) is 20.0 Å². The minimum atomic E-state index is -3.66. The van der Waals surface area contributed by atoms with E-state index in [-0.39, 0.29) is 15.6 Å². The van der Waals surface area contributed by atoms with Gasteiger partial charge in [0.1, 0.15) is 9.09 Å². The van der Waals surface area contributed by atoms with Gasteiger partial charge in [0.05, 0.1) is 3.79 Å². The van der Waals surface area contributed by atoms with Crippen molar-refractivity contribution in [3.8, 4) is 0 Å². The molecule has 21 heavy (non-hydrogen) atoms. The first-order valence-corrected chi connectivity index (χ1v) is 9.78. The number of nitrogens with one attached hydrogen (secondary N) is 1. The van der Waals surface area contributed by atoms with Gasteiger partial charge in [-0.15, -0.1) is 22.7 Å². The van der Waals surface area contributed by atoms with Crippen LogP contribution in [0.3, 0.4) is 0 Å². The van der Waals surface area contributed by atoms with E-state index >= 15 is 0 Å². The molecule has 114 valence electrons. The summed E-state index contributed by atoms with van der Waals surface area (Å²) in [5.74, 6) is -1.11. The zero-order chi connectivity index (χ0) is 15.6. The standard InChI is InChI=1S/C12H12BrNO4S3/c1-7-6-10(20-11(7)12(15)16)21(17,18)14-5-4-8-2-3-9(13)19-8/h2-3,6,14H,4-5H2,1H3,(H,15,16). The molecule has 2 aromatic heterocycles. The first-order valence-electron chi connectivity index (χ1n) is 5.87. The maximum absolute atomic E-state index is 12.1. The van der Waals surface area contributed by atoms with Gasteiger partial charge in [-0.1, -0.05) is 0 Å². The second-order valence-electron chi connectivity index (χ2n) is 4.24. The van der Waals surface area contributed by atoms with Gasteiger partial charge < -0.3 is 5.11 Å². The Morgan fingerprint density at radius 1 is 1.38 bits per heavy atom. The van der Waals surface area contributed by atoms with Gasteiger partial charge in [-0.25, -0.2) is 17.9 Å². The summed E-state index contributed by atoms with van der Waals surface area (Å²) >= 11 is 5.67. The highest BCUT2D eigenvalue weighted by atomic mass is 79.9. The zero-order valence-corrected chi connectivity index (χ0v) is 15.0. The number of carboxylic acid groups (broad SMARTS) is 1. The number of carboxylic acids is 1. The monoisotopic (exact) mass is 409 g/mol. The molecule has 0 amide bonds. The Labute approximate surface area is 138 Å². The Morgan fingerprint density at radius 3 is 2.62 bits per heavy atom. The van der Waals surface area contributed by atoms with Crippen LogP contribution in [0.4, 0.5) is 0 Å². The predicted molar refractivity (Wildman–Crippen MR) is 86.9 cm³/mol. The molecule has 2 N–H and O–H groups in total. The van der Waals surface area contributed by atoms with Crippen LogP contribution in [0, 0.1) is 6.92 Å². The molecule has 9 heteroatoms. The number of carbonyl (C=O) groups is 1. The first-order chi connectivity index (χ1) is 9.79. The van der Waals surface area contributed by atoms with E-state index in [4.69, 9.17) is 5.11 Å². The fourth-order valence-electron chi connectivity index (χ4n) is 1.66. The molecule has 0 fully saturated rings. The van der Waals surface area contributed by atoms with E-state index in [9.17, 15) is 13.2 Å². The number of aryl methyl sites for hydroxylation is 1. The SMILES string of the molecule is Cc1cc(S(=O)(=O)NCCc2ccc(Br)s2)sc1C(=O)O. The van der Waals surface area contributed by atoms with Crippen LogP contribution in [0.1, 0.15) is 20.1 Å². The highest BCUT2D eigenvalue weighted by Gasteiger charge is 2.21. The Balaban J connectivity index is 2.04. The topological polar surface area (TPSA) is 83.5 Å². The summed E-state index contributed by atoms with van der Waals surface area (Å²) in [4.78, 5) is 12.1. The van der Waals surface area contributed by atoms with Crippen molar-refractivity contribution in [1.82, 2.24) is 4.72 Å². The molecule has 0 spiro atoms. The van der Waals surface area contributed by atoms with Crippen LogP contribution in [0.2, 0.25) is 0 Å².